The lowest BCUT2D eigenvalue weighted by Gasteiger charge is -2.35. The zero-order chi connectivity index (χ0) is 24.4. The molecule has 0 saturated heterocycles. The SMILES string of the molecule is CSCCC(NC(=O)c1ccccc1Cl)C(=O)OCC(=O)N(Cc1ccccc1)C(C)(C)C. The molecule has 2 aromatic rings. The fourth-order valence-electron chi connectivity index (χ4n) is 3.14. The van der Waals surface area contributed by atoms with Gasteiger partial charge in [-0.2, -0.15) is 11.8 Å². The summed E-state index contributed by atoms with van der Waals surface area (Å²) in [6, 6.07) is 15.4. The fraction of sp³-hybridized carbons (Fsp3) is 0.400. The second kappa shape index (κ2) is 12.7. The summed E-state index contributed by atoms with van der Waals surface area (Å²) in [5.41, 5.74) is 0.798. The van der Waals surface area contributed by atoms with Gasteiger partial charge in [0.2, 0.25) is 0 Å². The molecule has 2 amide bonds. The summed E-state index contributed by atoms with van der Waals surface area (Å²) in [6.07, 6.45) is 2.28. The zero-order valence-electron chi connectivity index (χ0n) is 19.5. The van der Waals surface area contributed by atoms with E-state index in [0.717, 1.165) is 5.56 Å². The molecule has 0 aliphatic rings. The van der Waals surface area contributed by atoms with Gasteiger partial charge < -0.3 is 15.0 Å². The summed E-state index contributed by atoms with van der Waals surface area (Å²) in [5, 5.41) is 2.99. The summed E-state index contributed by atoms with van der Waals surface area (Å²) in [6.45, 7) is 5.79. The van der Waals surface area contributed by atoms with Crippen LogP contribution in [0.5, 0.6) is 0 Å². The molecular formula is C25H31ClN2O4S. The summed E-state index contributed by atoms with van der Waals surface area (Å²) >= 11 is 7.65. The first-order valence-corrected chi connectivity index (χ1v) is 12.5. The van der Waals surface area contributed by atoms with Crippen molar-refractivity contribution in [3.63, 3.8) is 0 Å². The van der Waals surface area contributed by atoms with E-state index >= 15 is 0 Å². The molecule has 1 N–H and O–H groups in total. The van der Waals surface area contributed by atoms with E-state index in [9.17, 15) is 14.4 Å². The molecule has 0 fully saturated rings. The Balaban J connectivity index is 2.05. The third-order valence-corrected chi connectivity index (χ3v) is 5.92. The van der Waals surface area contributed by atoms with E-state index in [1.807, 2.05) is 57.4 Å². The zero-order valence-corrected chi connectivity index (χ0v) is 21.0. The highest BCUT2D eigenvalue weighted by atomic mass is 35.5. The van der Waals surface area contributed by atoms with Crippen molar-refractivity contribution in [2.75, 3.05) is 18.6 Å². The van der Waals surface area contributed by atoms with Crippen molar-refractivity contribution in [2.24, 2.45) is 0 Å². The van der Waals surface area contributed by atoms with Gasteiger partial charge in [-0.25, -0.2) is 4.79 Å². The average molecular weight is 491 g/mol. The Morgan fingerprint density at radius 2 is 1.70 bits per heavy atom. The van der Waals surface area contributed by atoms with Crippen LogP contribution < -0.4 is 5.32 Å². The van der Waals surface area contributed by atoms with Crippen molar-refractivity contribution in [2.45, 2.75) is 45.3 Å². The van der Waals surface area contributed by atoms with Crippen LogP contribution in [0.2, 0.25) is 5.02 Å². The van der Waals surface area contributed by atoms with Crippen LogP contribution in [0.3, 0.4) is 0 Å². The predicted molar refractivity (Wildman–Crippen MR) is 133 cm³/mol. The Morgan fingerprint density at radius 1 is 1.06 bits per heavy atom. The van der Waals surface area contributed by atoms with E-state index in [2.05, 4.69) is 5.32 Å². The minimum atomic E-state index is -0.883. The lowest BCUT2D eigenvalue weighted by molar-refractivity contribution is -0.156. The minimum Gasteiger partial charge on any atom is -0.454 e. The highest BCUT2D eigenvalue weighted by molar-refractivity contribution is 7.98. The molecule has 8 heteroatoms. The maximum atomic E-state index is 13.0. The van der Waals surface area contributed by atoms with Gasteiger partial charge in [-0.3, -0.25) is 9.59 Å². The molecule has 0 saturated carbocycles. The van der Waals surface area contributed by atoms with E-state index in [0.29, 0.717) is 23.7 Å². The first-order chi connectivity index (χ1) is 15.6. The highest BCUT2D eigenvalue weighted by Gasteiger charge is 2.29. The number of rotatable bonds is 10. The molecule has 1 unspecified atom stereocenters. The molecule has 0 aliphatic heterocycles. The summed E-state index contributed by atoms with van der Waals surface area (Å²) in [5.74, 6) is -0.777. The van der Waals surface area contributed by atoms with Gasteiger partial charge in [0, 0.05) is 12.1 Å². The number of benzene rings is 2. The van der Waals surface area contributed by atoms with Crippen LogP contribution in [0.1, 0.15) is 43.1 Å². The molecule has 1 atom stereocenters. The van der Waals surface area contributed by atoms with Gasteiger partial charge in [0.05, 0.1) is 10.6 Å². The van der Waals surface area contributed by atoms with Crippen LogP contribution in [0.25, 0.3) is 0 Å². The van der Waals surface area contributed by atoms with Gasteiger partial charge in [0.15, 0.2) is 6.61 Å². The number of carbonyl (C=O) groups is 3. The van der Waals surface area contributed by atoms with E-state index in [1.54, 1.807) is 40.9 Å². The molecule has 2 rings (SSSR count). The average Bonchev–Trinajstić information content (AvgIpc) is 2.78. The molecule has 33 heavy (non-hydrogen) atoms. The Morgan fingerprint density at radius 3 is 2.30 bits per heavy atom. The summed E-state index contributed by atoms with van der Waals surface area (Å²) in [4.78, 5) is 40.1. The van der Waals surface area contributed by atoms with Crippen molar-refractivity contribution in [3.05, 3.63) is 70.7 Å². The van der Waals surface area contributed by atoms with Crippen LogP contribution in [0.15, 0.2) is 54.6 Å². The maximum absolute atomic E-state index is 13.0. The predicted octanol–water partition coefficient (Wildman–Crippen LogP) is 4.56. The molecule has 0 aromatic heterocycles. The molecule has 0 radical (unpaired) electrons. The summed E-state index contributed by atoms with van der Waals surface area (Å²) < 4.78 is 5.36. The number of ether oxygens (including phenoxy) is 1. The largest absolute Gasteiger partial charge is 0.454 e. The van der Waals surface area contributed by atoms with Gasteiger partial charge >= 0.3 is 5.97 Å². The third-order valence-electron chi connectivity index (χ3n) is 4.95. The van der Waals surface area contributed by atoms with Crippen LogP contribution in [-0.4, -0.2) is 52.9 Å². The molecule has 0 aliphatic carbocycles. The van der Waals surface area contributed by atoms with Gasteiger partial charge in [-0.15, -0.1) is 0 Å². The minimum absolute atomic E-state index is 0.277. The molecule has 178 valence electrons. The summed E-state index contributed by atoms with van der Waals surface area (Å²) in [7, 11) is 0. The fourth-order valence-corrected chi connectivity index (χ4v) is 3.84. The number of thioether (sulfide) groups is 1. The monoisotopic (exact) mass is 490 g/mol. The van der Waals surface area contributed by atoms with Crippen LogP contribution in [0, 0.1) is 0 Å². The normalized spacial score (nSPS) is 12.0. The lowest BCUT2D eigenvalue weighted by atomic mass is 10.0. The number of esters is 1. The van der Waals surface area contributed by atoms with Crippen molar-refractivity contribution >= 4 is 41.1 Å². The van der Waals surface area contributed by atoms with E-state index in [4.69, 9.17) is 16.3 Å². The van der Waals surface area contributed by atoms with Gasteiger partial charge in [-0.1, -0.05) is 54.1 Å². The third kappa shape index (κ3) is 8.41. The highest BCUT2D eigenvalue weighted by Crippen LogP contribution is 2.18. The topological polar surface area (TPSA) is 75.7 Å². The lowest BCUT2D eigenvalue weighted by Crippen LogP contribution is -2.48. The number of carbonyl (C=O) groups excluding carboxylic acids is 3. The van der Waals surface area contributed by atoms with Crippen molar-refractivity contribution in [1.29, 1.82) is 0 Å². The van der Waals surface area contributed by atoms with E-state index < -0.39 is 30.1 Å². The Bertz CT molecular complexity index is 947. The number of nitrogens with zero attached hydrogens (tertiary/aromatic N) is 1. The van der Waals surface area contributed by atoms with E-state index in [1.165, 1.54) is 0 Å². The number of nitrogens with one attached hydrogen (secondary N) is 1. The Kier molecular flexibility index (Phi) is 10.3. The molecule has 2 aromatic carbocycles. The molecule has 0 spiro atoms. The van der Waals surface area contributed by atoms with Crippen molar-refractivity contribution < 1.29 is 19.1 Å². The molecular weight excluding hydrogens is 460 g/mol. The maximum Gasteiger partial charge on any atom is 0.329 e. The second-order valence-electron chi connectivity index (χ2n) is 8.53. The Hall–Kier alpha value is -2.51. The number of halogens is 1. The van der Waals surface area contributed by atoms with Crippen LogP contribution >= 0.6 is 23.4 Å². The standard InChI is InChI=1S/C25H31ClN2O4S/c1-25(2,3)28(16-18-10-6-5-7-11-18)22(29)17-32-24(31)21(14-15-33-4)27-23(30)19-12-8-9-13-20(19)26/h5-13,21H,14-17H2,1-4H3,(H,27,30). The smallest absolute Gasteiger partial charge is 0.329 e. The quantitative estimate of drug-likeness (QED) is 0.494. The van der Waals surface area contributed by atoms with Crippen LogP contribution in [-0.2, 0) is 20.9 Å². The molecule has 0 bridgehead atoms. The molecule has 0 heterocycles. The first-order valence-electron chi connectivity index (χ1n) is 10.7. The van der Waals surface area contributed by atoms with E-state index in [-0.39, 0.29) is 11.5 Å². The second-order valence-corrected chi connectivity index (χ2v) is 9.92. The number of hydrogen-bond acceptors (Lipinski definition) is 5. The van der Waals surface area contributed by atoms with Crippen molar-refractivity contribution in [3.8, 4) is 0 Å². The first kappa shape index (κ1) is 26.7. The van der Waals surface area contributed by atoms with Gasteiger partial charge in [0.25, 0.3) is 11.8 Å². The van der Waals surface area contributed by atoms with Crippen LogP contribution in [0.4, 0.5) is 0 Å². The number of amides is 2. The number of hydrogen-bond donors (Lipinski definition) is 1. The van der Waals surface area contributed by atoms with Gasteiger partial charge in [-0.05, 0) is 56.9 Å². The molecule has 6 nitrogen and oxygen atoms in total. The van der Waals surface area contributed by atoms with Gasteiger partial charge in [0.1, 0.15) is 6.04 Å². The van der Waals surface area contributed by atoms with Crippen molar-refractivity contribution in [1.82, 2.24) is 10.2 Å². The Labute approximate surface area is 205 Å².